The number of carbonyl (C=O) groups excluding carboxylic acids is 4. The topological polar surface area (TPSA) is 258 Å². The zero-order valence-electron chi connectivity index (χ0n) is 21.5. The van der Waals surface area contributed by atoms with Gasteiger partial charge in [-0.05, 0) is 31.1 Å². The Morgan fingerprint density at radius 1 is 0.889 bits per heavy atom. The highest BCUT2D eigenvalue weighted by Gasteiger charge is 2.32. The van der Waals surface area contributed by atoms with E-state index < -0.39 is 60.2 Å². The predicted molar refractivity (Wildman–Crippen MR) is 134 cm³/mol. The van der Waals surface area contributed by atoms with E-state index in [2.05, 4.69) is 20.9 Å². The fraction of sp³-hybridized carbons (Fsp3) is 0.727. The van der Waals surface area contributed by atoms with Crippen LogP contribution in [0.1, 0.15) is 59.8 Å². The number of hydrogen-bond acceptors (Lipinski definition) is 7. The molecule has 14 heteroatoms. The number of hydrogen-bond donors (Lipinski definition) is 8. The number of guanidine groups is 1. The van der Waals surface area contributed by atoms with E-state index >= 15 is 0 Å². The first-order valence-electron chi connectivity index (χ1n) is 11.9. The van der Waals surface area contributed by atoms with Crippen molar-refractivity contribution in [2.45, 2.75) is 84.0 Å². The second-order valence-corrected chi connectivity index (χ2v) is 9.19. The van der Waals surface area contributed by atoms with E-state index in [1.807, 2.05) is 13.8 Å². The van der Waals surface area contributed by atoms with Gasteiger partial charge >= 0.3 is 5.97 Å². The van der Waals surface area contributed by atoms with Crippen LogP contribution in [0.3, 0.4) is 0 Å². The summed E-state index contributed by atoms with van der Waals surface area (Å²) >= 11 is 0. The molecule has 0 aromatic rings. The largest absolute Gasteiger partial charge is 0.480 e. The fourth-order valence-corrected chi connectivity index (χ4v) is 3.27. The number of nitrogens with two attached hydrogens (primary N) is 4. The maximum absolute atomic E-state index is 13.1. The summed E-state index contributed by atoms with van der Waals surface area (Å²) in [5.41, 5.74) is 21.4. The predicted octanol–water partition coefficient (Wildman–Crippen LogP) is -2.13. The first-order valence-corrected chi connectivity index (χ1v) is 11.9. The van der Waals surface area contributed by atoms with E-state index in [0.717, 1.165) is 0 Å². The molecule has 0 spiro atoms. The van der Waals surface area contributed by atoms with Gasteiger partial charge in [0.15, 0.2) is 5.96 Å². The quantitative estimate of drug-likeness (QED) is 0.0598. The zero-order valence-corrected chi connectivity index (χ0v) is 21.5. The Bertz CT molecular complexity index is 799. The molecule has 5 atom stereocenters. The van der Waals surface area contributed by atoms with E-state index in [-0.39, 0.29) is 37.2 Å². The summed E-state index contributed by atoms with van der Waals surface area (Å²) in [5.74, 6) is -4.57. The second-order valence-electron chi connectivity index (χ2n) is 9.19. The van der Waals surface area contributed by atoms with Gasteiger partial charge in [-0.3, -0.25) is 24.2 Å². The third kappa shape index (κ3) is 12.9. The maximum atomic E-state index is 13.1. The second kappa shape index (κ2) is 16.3. The third-order valence-electron chi connectivity index (χ3n) is 5.45. The van der Waals surface area contributed by atoms with Crippen LogP contribution >= 0.6 is 0 Å². The fourth-order valence-electron chi connectivity index (χ4n) is 3.27. The van der Waals surface area contributed by atoms with Gasteiger partial charge in [0, 0.05) is 6.54 Å². The molecule has 0 bridgehead atoms. The number of carboxylic acid groups (broad SMARTS) is 1. The molecule has 0 aliphatic carbocycles. The van der Waals surface area contributed by atoms with Crippen molar-refractivity contribution in [2.75, 3.05) is 6.54 Å². The number of aliphatic carboxylic acids is 1. The highest BCUT2D eigenvalue weighted by Crippen LogP contribution is 2.11. The highest BCUT2D eigenvalue weighted by molar-refractivity contribution is 5.95. The molecule has 0 saturated carbocycles. The number of amides is 4. The summed E-state index contributed by atoms with van der Waals surface area (Å²) in [7, 11) is 0. The molecule has 0 heterocycles. The Hall–Kier alpha value is -3.42. The molecule has 5 unspecified atom stereocenters. The first kappa shape index (κ1) is 32.6. The van der Waals surface area contributed by atoms with E-state index in [1.165, 1.54) is 0 Å². The van der Waals surface area contributed by atoms with Gasteiger partial charge in [0.1, 0.15) is 18.1 Å². The molecule has 36 heavy (non-hydrogen) atoms. The molecule has 0 rings (SSSR count). The van der Waals surface area contributed by atoms with Crippen molar-refractivity contribution < 1.29 is 29.1 Å². The lowest BCUT2D eigenvalue weighted by Crippen LogP contribution is -2.58. The molecule has 4 amide bonds. The van der Waals surface area contributed by atoms with Crippen LogP contribution in [0.5, 0.6) is 0 Å². The first-order chi connectivity index (χ1) is 16.7. The molecule has 0 aliphatic rings. The molecule has 206 valence electrons. The summed E-state index contributed by atoms with van der Waals surface area (Å²) in [4.78, 5) is 65.1. The van der Waals surface area contributed by atoms with Crippen molar-refractivity contribution in [2.24, 2.45) is 39.8 Å². The molecule has 0 aliphatic heterocycles. The molecule has 0 fully saturated rings. The minimum atomic E-state index is -1.27. The van der Waals surface area contributed by atoms with Gasteiger partial charge in [0.05, 0.1) is 12.5 Å². The highest BCUT2D eigenvalue weighted by atomic mass is 16.4. The number of rotatable bonds is 17. The maximum Gasteiger partial charge on any atom is 0.326 e. The minimum Gasteiger partial charge on any atom is -0.480 e. The molecule has 0 aromatic heterocycles. The number of primary amides is 1. The van der Waals surface area contributed by atoms with Crippen LogP contribution in [-0.2, 0) is 24.0 Å². The van der Waals surface area contributed by atoms with Crippen molar-refractivity contribution >= 4 is 35.6 Å². The average Bonchev–Trinajstić information content (AvgIpc) is 2.76. The monoisotopic (exact) mass is 514 g/mol. The standard InChI is InChI=1S/C22H42N8O6/c1-5-12(4)17(21(35)36)30-20(34)15(9-11(2)3)29-19(33)14(7-6-8-27-22(25)26)28-18(32)13(23)10-16(24)31/h11-15,17H,5-10,23H2,1-4H3,(H2,24,31)(H,28,32)(H,29,33)(H,30,34)(H,35,36)(H4,25,26,27). The van der Waals surface area contributed by atoms with Crippen LogP contribution in [0.4, 0.5) is 0 Å². The van der Waals surface area contributed by atoms with Gasteiger partial charge in [0.2, 0.25) is 23.6 Å². The van der Waals surface area contributed by atoms with Crippen LogP contribution in [0.25, 0.3) is 0 Å². The molecule has 0 saturated heterocycles. The van der Waals surface area contributed by atoms with E-state index in [0.29, 0.717) is 12.8 Å². The lowest BCUT2D eigenvalue weighted by atomic mass is 9.97. The van der Waals surface area contributed by atoms with E-state index in [1.54, 1.807) is 13.8 Å². The Balaban J connectivity index is 5.67. The van der Waals surface area contributed by atoms with Crippen molar-refractivity contribution in [3.63, 3.8) is 0 Å². The molecular weight excluding hydrogens is 472 g/mol. The van der Waals surface area contributed by atoms with Gasteiger partial charge < -0.3 is 44.0 Å². The van der Waals surface area contributed by atoms with Crippen LogP contribution in [0.15, 0.2) is 4.99 Å². The Morgan fingerprint density at radius 3 is 1.92 bits per heavy atom. The number of carbonyl (C=O) groups is 5. The van der Waals surface area contributed by atoms with Crippen LogP contribution in [-0.4, -0.2) is 71.4 Å². The lowest BCUT2D eigenvalue weighted by Gasteiger charge is -2.27. The minimum absolute atomic E-state index is 0.0215. The third-order valence-corrected chi connectivity index (χ3v) is 5.45. The van der Waals surface area contributed by atoms with Gasteiger partial charge in [-0.25, -0.2) is 4.79 Å². The molecule has 0 aromatic carbocycles. The summed E-state index contributed by atoms with van der Waals surface area (Å²) in [5, 5.41) is 17.1. The Labute approximate surface area is 211 Å². The van der Waals surface area contributed by atoms with Gasteiger partial charge in [0.25, 0.3) is 0 Å². The number of aliphatic imine (C=N–C) groups is 1. The zero-order chi connectivity index (χ0) is 28.0. The van der Waals surface area contributed by atoms with Crippen molar-refractivity contribution in [1.82, 2.24) is 16.0 Å². The smallest absolute Gasteiger partial charge is 0.326 e. The molecule has 12 N–H and O–H groups in total. The van der Waals surface area contributed by atoms with Crippen molar-refractivity contribution in [3.8, 4) is 0 Å². The van der Waals surface area contributed by atoms with Gasteiger partial charge in [-0.15, -0.1) is 0 Å². The van der Waals surface area contributed by atoms with Crippen molar-refractivity contribution in [3.05, 3.63) is 0 Å². The van der Waals surface area contributed by atoms with Gasteiger partial charge in [-0.1, -0.05) is 34.1 Å². The normalized spacial score (nSPS) is 15.1. The average molecular weight is 515 g/mol. The van der Waals surface area contributed by atoms with Crippen molar-refractivity contribution in [1.29, 1.82) is 0 Å². The lowest BCUT2D eigenvalue weighted by molar-refractivity contribution is -0.144. The number of nitrogens with zero attached hydrogens (tertiary/aromatic N) is 1. The van der Waals surface area contributed by atoms with Gasteiger partial charge in [-0.2, -0.15) is 0 Å². The Morgan fingerprint density at radius 2 is 1.44 bits per heavy atom. The summed E-state index contributed by atoms with van der Waals surface area (Å²) in [6, 6.07) is -4.58. The summed E-state index contributed by atoms with van der Waals surface area (Å²) < 4.78 is 0. The van der Waals surface area contributed by atoms with Crippen LogP contribution in [0.2, 0.25) is 0 Å². The summed E-state index contributed by atoms with van der Waals surface area (Å²) in [6.45, 7) is 7.37. The number of nitrogens with one attached hydrogen (secondary N) is 3. The summed E-state index contributed by atoms with van der Waals surface area (Å²) in [6.07, 6.45) is 0.725. The van der Waals surface area contributed by atoms with E-state index in [9.17, 15) is 29.1 Å². The van der Waals surface area contributed by atoms with Crippen LogP contribution < -0.4 is 38.9 Å². The molecule has 0 radical (unpaired) electrons. The Kier molecular flexibility index (Phi) is 14.7. The SMILES string of the molecule is CCC(C)C(NC(=O)C(CC(C)C)NC(=O)C(CCCN=C(N)N)NC(=O)C(N)CC(N)=O)C(=O)O. The number of carboxylic acids is 1. The van der Waals surface area contributed by atoms with Crippen LogP contribution in [0, 0.1) is 11.8 Å². The molecule has 14 nitrogen and oxygen atoms in total. The molecular formula is C22H42N8O6. The van der Waals surface area contributed by atoms with E-state index in [4.69, 9.17) is 22.9 Å².